The van der Waals surface area contributed by atoms with Gasteiger partial charge in [0.2, 0.25) is 0 Å². The van der Waals surface area contributed by atoms with Crippen molar-refractivity contribution in [3.05, 3.63) is 106 Å². The van der Waals surface area contributed by atoms with Crippen molar-refractivity contribution in [3.8, 4) is 11.1 Å². The molecule has 1 saturated carbocycles. The lowest BCUT2D eigenvalue weighted by Crippen LogP contribution is -2.27. The van der Waals surface area contributed by atoms with Gasteiger partial charge in [0, 0.05) is 5.66 Å². The van der Waals surface area contributed by atoms with Crippen molar-refractivity contribution in [3.63, 3.8) is 0 Å². The highest BCUT2D eigenvalue weighted by atomic mass is 31.1. The minimum atomic E-state index is -0.182. The summed E-state index contributed by atoms with van der Waals surface area (Å²) in [6.45, 7) is 4.80. The molecule has 2 bridgehead atoms. The molecule has 4 aromatic rings. The molecule has 1 fully saturated rings. The second-order valence-corrected chi connectivity index (χ2v) is 12.7. The van der Waals surface area contributed by atoms with E-state index in [1.165, 1.54) is 70.7 Å². The molecule has 7 rings (SSSR count). The van der Waals surface area contributed by atoms with Crippen molar-refractivity contribution in [2.24, 2.45) is 0 Å². The van der Waals surface area contributed by atoms with Crippen LogP contribution in [0, 0.1) is 0 Å². The van der Waals surface area contributed by atoms with Gasteiger partial charge in [-0.3, -0.25) is 0 Å². The highest BCUT2D eigenvalue weighted by Crippen LogP contribution is 2.65. The molecule has 1 heteroatoms. The summed E-state index contributed by atoms with van der Waals surface area (Å²) in [5.74, 6) is 0. The van der Waals surface area contributed by atoms with Crippen molar-refractivity contribution in [1.82, 2.24) is 0 Å². The second kappa shape index (κ2) is 7.93. The fraction of sp³-hybridized carbons (Fsp3) is 0.273. The summed E-state index contributed by atoms with van der Waals surface area (Å²) in [5, 5.41) is 5.56. The van der Waals surface area contributed by atoms with E-state index in [1.807, 2.05) is 5.57 Å². The van der Waals surface area contributed by atoms with Gasteiger partial charge in [-0.15, -0.1) is 0 Å². The molecule has 0 N–H and O–H groups in total. The van der Waals surface area contributed by atoms with Crippen molar-refractivity contribution in [2.45, 2.75) is 57.5 Å². The molecule has 0 amide bonds. The molecular formula is C33H31P. The first kappa shape index (κ1) is 20.7. The molecule has 0 radical (unpaired) electrons. The molecule has 2 aliphatic carbocycles. The number of hydrogen-bond donors (Lipinski definition) is 0. The van der Waals surface area contributed by atoms with Gasteiger partial charge >= 0.3 is 0 Å². The Morgan fingerprint density at radius 3 is 1.88 bits per heavy atom. The van der Waals surface area contributed by atoms with Gasteiger partial charge in [0.15, 0.2) is 0 Å². The Hall–Kier alpha value is -2.69. The molecule has 0 unspecified atom stereocenters. The summed E-state index contributed by atoms with van der Waals surface area (Å²) in [6, 6.07) is 27.7. The zero-order valence-corrected chi connectivity index (χ0v) is 21.1. The summed E-state index contributed by atoms with van der Waals surface area (Å²) >= 11 is 0. The average molecular weight is 459 g/mol. The van der Waals surface area contributed by atoms with Gasteiger partial charge < -0.3 is 0 Å². The van der Waals surface area contributed by atoms with Gasteiger partial charge in [0.1, 0.15) is 0 Å². The van der Waals surface area contributed by atoms with E-state index >= 15 is 0 Å². The first-order chi connectivity index (χ1) is 16.7. The number of allylic oxidation sites excluding steroid dienone is 4. The van der Waals surface area contributed by atoms with Gasteiger partial charge in [0.25, 0.3) is 0 Å². The van der Waals surface area contributed by atoms with Gasteiger partial charge in [0.05, 0.1) is 0 Å². The van der Waals surface area contributed by atoms with Crippen LogP contribution in [0.25, 0.3) is 32.7 Å². The van der Waals surface area contributed by atoms with Crippen molar-refractivity contribution in [2.75, 3.05) is 0 Å². The third-order valence-corrected chi connectivity index (χ3v) is 11.5. The first-order valence-electron chi connectivity index (χ1n) is 12.9. The quantitative estimate of drug-likeness (QED) is 0.207. The lowest BCUT2D eigenvalue weighted by molar-refractivity contribution is 0.815. The van der Waals surface area contributed by atoms with Gasteiger partial charge in [-0.2, -0.15) is 0 Å². The van der Waals surface area contributed by atoms with E-state index < -0.39 is 0 Å². The Kier molecular flexibility index (Phi) is 4.82. The number of rotatable bonds is 2. The number of hydrogen-bond acceptors (Lipinski definition) is 0. The minimum Gasteiger partial charge on any atom is -0.0861 e. The molecule has 168 valence electrons. The molecule has 0 aromatic heterocycles. The summed E-state index contributed by atoms with van der Waals surface area (Å²) in [7, 11) is -0.182. The van der Waals surface area contributed by atoms with Crippen LogP contribution < -0.4 is 0 Å². The van der Waals surface area contributed by atoms with Crippen LogP contribution in [-0.4, -0.2) is 5.66 Å². The topological polar surface area (TPSA) is 0 Å². The zero-order chi connectivity index (χ0) is 22.8. The van der Waals surface area contributed by atoms with Crippen LogP contribution in [0.5, 0.6) is 0 Å². The van der Waals surface area contributed by atoms with Crippen LogP contribution in [0.15, 0.2) is 95.1 Å². The first-order valence-corrected chi connectivity index (χ1v) is 14.7. The standard InChI is InChI=1S/C33H31P/c1-3-22-13-12-21(2)29-18-30(22)33(29)34-19-25-16-14-23-8-4-6-10-27(23)31(25)32-26(20-34)17-15-24-9-5-7-11-28(24)32/h4-11,14-17,33H,3,12-13,18-20H2,1-2H3/t33-/m1/s1. The largest absolute Gasteiger partial charge is 0.0861 e. The van der Waals surface area contributed by atoms with E-state index in [0.717, 1.165) is 5.66 Å². The van der Waals surface area contributed by atoms with Gasteiger partial charge in [-0.25, -0.2) is 0 Å². The molecule has 0 spiro atoms. The van der Waals surface area contributed by atoms with Crippen LogP contribution in [0.4, 0.5) is 0 Å². The third kappa shape index (κ3) is 3.01. The summed E-state index contributed by atoms with van der Waals surface area (Å²) < 4.78 is 0. The van der Waals surface area contributed by atoms with Crippen molar-refractivity contribution >= 4 is 29.5 Å². The molecule has 3 aliphatic rings. The highest BCUT2D eigenvalue weighted by Gasteiger charge is 2.41. The number of fused-ring (bicyclic) bond motifs is 9. The zero-order valence-electron chi connectivity index (χ0n) is 20.2. The normalized spacial score (nSPS) is 20.1. The Bertz CT molecular complexity index is 1450. The summed E-state index contributed by atoms with van der Waals surface area (Å²) in [6.07, 6.45) is 7.56. The molecule has 0 nitrogen and oxygen atoms in total. The fourth-order valence-electron chi connectivity index (χ4n) is 6.85. The second-order valence-electron chi connectivity index (χ2n) is 10.4. The van der Waals surface area contributed by atoms with Crippen LogP contribution >= 0.6 is 7.92 Å². The van der Waals surface area contributed by atoms with Gasteiger partial charge in [-0.1, -0.05) is 110 Å². The van der Waals surface area contributed by atoms with E-state index in [2.05, 4.69) is 86.6 Å². The molecule has 4 aromatic carbocycles. The van der Waals surface area contributed by atoms with Gasteiger partial charge in [-0.05, 0) is 88.7 Å². The lowest BCUT2D eigenvalue weighted by Gasteiger charge is -2.42. The summed E-state index contributed by atoms with van der Waals surface area (Å²) in [5.41, 5.74) is 14.0. The molecule has 1 heterocycles. The maximum absolute atomic E-state index is 2.46. The van der Waals surface area contributed by atoms with E-state index in [1.54, 1.807) is 27.8 Å². The SMILES string of the molecule is CCC1=C2CC(=C(C)CC1)[C@H]2P1Cc2ccc3ccccc3c2-c2c(ccc3ccccc23)C1. The Labute approximate surface area is 204 Å². The Balaban J connectivity index is 1.50. The van der Waals surface area contributed by atoms with Crippen molar-refractivity contribution < 1.29 is 0 Å². The Morgan fingerprint density at radius 1 is 0.706 bits per heavy atom. The van der Waals surface area contributed by atoms with Crippen LogP contribution in [0.2, 0.25) is 0 Å². The molecule has 34 heavy (non-hydrogen) atoms. The van der Waals surface area contributed by atoms with E-state index in [0.29, 0.717) is 0 Å². The van der Waals surface area contributed by atoms with Crippen molar-refractivity contribution in [1.29, 1.82) is 0 Å². The highest BCUT2D eigenvalue weighted by molar-refractivity contribution is 7.57. The molecule has 0 saturated heterocycles. The predicted octanol–water partition coefficient (Wildman–Crippen LogP) is 9.74. The molecule has 1 aliphatic heterocycles. The Morgan fingerprint density at radius 2 is 1.29 bits per heavy atom. The predicted molar refractivity (Wildman–Crippen MR) is 149 cm³/mol. The molecular weight excluding hydrogens is 427 g/mol. The van der Waals surface area contributed by atoms with E-state index in [9.17, 15) is 0 Å². The molecule has 1 atom stereocenters. The average Bonchev–Trinajstić information content (AvgIpc) is 3.19. The summed E-state index contributed by atoms with van der Waals surface area (Å²) in [4.78, 5) is 0. The van der Waals surface area contributed by atoms with E-state index in [-0.39, 0.29) is 7.92 Å². The smallest absolute Gasteiger partial charge is 0.0227 e. The van der Waals surface area contributed by atoms with Crippen LogP contribution in [0.3, 0.4) is 0 Å². The van der Waals surface area contributed by atoms with Crippen LogP contribution in [0.1, 0.15) is 50.7 Å². The van der Waals surface area contributed by atoms with E-state index in [4.69, 9.17) is 0 Å². The monoisotopic (exact) mass is 458 g/mol. The van der Waals surface area contributed by atoms with Crippen LogP contribution in [-0.2, 0) is 12.3 Å². The number of benzene rings is 4. The maximum atomic E-state index is 2.46. The lowest BCUT2D eigenvalue weighted by atomic mass is 9.81. The minimum absolute atomic E-state index is 0.182. The fourth-order valence-corrected chi connectivity index (χ4v) is 10.2. The maximum Gasteiger partial charge on any atom is 0.0227 e. The third-order valence-electron chi connectivity index (χ3n) is 8.66.